The summed E-state index contributed by atoms with van der Waals surface area (Å²) in [4.78, 5) is 17.6. The van der Waals surface area contributed by atoms with E-state index < -0.39 is 5.60 Å². The Balaban J connectivity index is 2.57. The molecule has 0 radical (unpaired) electrons. The Labute approximate surface area is 88.6 Å². The largest absolute Gasteiger partial charge is 0.388 e. The number of aliphatic hydroxyl groups is 1. The normalized spacial score (nSPS) is 14.6. The van der Waals surface area contributed by atoms with Crippen molar-refractivity contribution in [2.75, 3.05) is 11.9 Å². The van der Waals surface area contributed by atoms with Gasteiger partial charge in [-0.1, -0.05) is 13.3 Å². The zero-order chi connectivity index (χ0) is 11.3. The molecule has 1 rings (SSSR count). The lowest BCUT2D eigenvalue weighted by molar-refractivity contribution is 0.0636. The molecule has 0 fully saturated rings. The molecule has 0 bridgehead atoms. The van der Waals surface area contributed by atoms with E-state index in [1.807, 2.05) is 6.92 Å². The molecule has 0 saturated heterocycles. The fourth-order valence-corrected chi connectivity index (χ4v) is 1.38. The van der Waals surface area contributed by atoms with Crippen LogP contribution < -0.4 is 10.9 Å². The Morgan fingerprint density at radius 1 is 1.67 bits per heavy atom. The van der Waals surface area contributed by atoms with E-state index in [9.17, 15) is 9.90 Å². The summed E-state index contributed by atoms with van der Waals surface area (Å²) in [5.41, 5.74) is -1.08. The second kappa shape index (κ2) is 4.93. The molecule has 1 aromatic rings. The fourth-order valence-electron chi connectivity index (χ4n) is 1.38. The van der Waals surface area contributed by atoms with E-state index in [0.29, 0.717) is 13.0 Å². The van der Waals surface area contributed by atoms with Crippen molar-refractivity contribution >= 4 is 5.82 Å². The number of aromatic amines is 1. The molecule has 0 saturated carbocycles. The molecule has 0 aliphatic rings. The minimum absolute atomic E-state index is 0.244. The Morgan fingerprint density at radius 3 is 3.00 bits per heavy atom. The molecule has 5 heteroatoms. The minimum Gasteiger partial charge on any atom is -0.388 e. The van der Waals surface area contributed by atoms with Crippen molar-refractivity contribution in [2.24, 2.45) is 0 Å². The quantitative estimate of drug-likeness (QED) is 0.671. The summed E-state index contributed by atoms with van der Waals surface area (Å²) in [6, 6.07) is 0. The first kappa shape index (κ1) is 11.7. The van der Waals surface area contributed by atoms with Gasteiger partial charge in [-0.15, -0.1) is 0 Å². The van der Waals surface area contributed by atoms with Gasteiger partial charge in [0.2, 0.25) is 0 Å². The standard InChI is InChI=1S/C10H17N3O2/c1-3-4-10(2,15)7-13-8-9(14)12-6-5-11-8/h5-6,15H,3-4,7H2,1-2H3,(H,11,13)(H,12,14). The number of nitrogens with zero attached hydrogens (tertiary/aromatic N) is 1. The first-order valence-electron chi connectivity index (χ1n) is 5.05. The molecular formula is C10H17N3O2. The Morgan fingerprint density at radius 2 is 2.40 bits per heavy atom. The van der Waals surface area contributed by atoms with Crippen molar-refractivity contribution in [3.8, 4) is 0 Å². The molecule has 3 N–H and O–H groups in total. The van der Waals surface area contributed by atoms with Crippen LogP contribution in [0, 0.1) is 0 Å². The summed E-state index contributed by atoms with van der Waals surface area (Å²) in [6.45, 7) is 4.06. The number of H-pyrrole nitrogens is 1. The SMILES string of the molecule is CCCC(C)(O)CNc1ncc[nH]c1=O. The van der Waals surface area contributed by atoms with Gasteiger partial charge >= 0.3 is 0 Å². The molecular weight excluding hydrogens is 194 g/mol. The van der Waals surface area contributed by atoms with Crippen molar-refractivity contribution < 1.29 is 5.11 Å². The Hall–Kier alpha value is -1.36. The van der Waals surface area contributed by atoms with Gasteiger partial charge in [-0.2, -0.15) is 0 Å². The molecule has 1 atom stereocenters. The number of hydrogen-bond acceptors (Lipinski definition) is 4. The number of anilines is 1. The van der Waals surface area contributed by atoms with Crippen molar-refractivity contribution in [2.45, 2.75) is 32.3 Å². The Bertz CT molecular complexity index is 360. The van der Waals surface area contributed by atoms with E-state index in [1.165, 1.54) is 12.4 Å². The summed E-state index contributed by atoms with van der Waals surface area (Å²) >= 11 is 0. The van der Waals surface area contributed by atoms with E-state index in [2.05, 4.69) is 15.3 Å². The lowest BCUT2D eigenvalue weighted by Crippen LogP contribution is -2.34. The fraction of sp³-hybridized carbons (Fsp3) is 0.600. The number of aromatic nitrogens is 2. The molecule has 0 amide bonds. The van der Waals surface area contributed by atoms with E-state index in [0.717, 1.165) is 6.42 Å². The molecule has 0 aliphatic heterocycles. The maximum atomic E-state index is 11.2. The third-order valence-electron chi connectivity index (χ3n) is 2.13. The van der Waals surface area contributed by atoms with E-state index in [4.69, 9.17) is 0 Å². The van der Waals surface area contributed by atoms with Gasteiger partial charge in [-0.05, 0) is 13.3 Å². The molecule has 0 spiro atoms. The van der Waals surface area contributed by atoms with Crippen LogP contribution in [-0.4, -0.2) is 27.2 Å². The summed E-state index contributed by atoms with van der Waals surface area (Å²) in [5, 5.41) is 12.7. The van der Waals surface area contributed by atoms with Crippen molar-refractivity contribution in [1.82, 2.24) is 9.97 Å². The van der Waals surface area contributed by atoms with Crippen LogP contribution in [0.5, 0.6) is 0 Å². The first-order chi connectivity index (χ1) is 7.05. The molecule has 0 aliphatic carbocycles. The number of rotatable bonds is 5. The molecule has 15 heavy (non-hydrogen) atoms. The minimum atomic E-state index is -0.807. The average molecular weight is 211 g/mol. The number of hydrogen-bond donors (Lipinski definition) is 3. The van der Waals surface area contributed by atoms with Gasteiger partial charge < -0.3 is 15.4 Å². The van der Waals surface area contributed by atoms with Crippen LogP contribution in [-0.2, 0) is 0 Å². The van der Waals surface area contributed by atoms with Crippen LogP contribution in [0.1, 0.15) is 26.7 Å². The van der Waals surface area contributed by atoms with Crippen LogP contribution in [0.4, 0.5) is 5.82 Å². The van der Waals surface area contributed by atoms with Crippen molar-refractivity contribution in [1.29, 1.82) is 0 Å². The second-order valence-electron chi connectivity index (χ2n) is 3.87. The molecule has 1 unspecified atom stereocenters. The molecule has 0 aromatic carbocycles. The van der Waals surface area contributed by atoms with Crippen LogP contribution in [0.15, 0.2) is 17.2 Å². The van der Waals surface area contributed by atoms with Gasteiger partial charge in [0, 0.05) is 18.9 Å². The first-order valence-corrected chi connectivity index (χ1v) is 5.05. The molecule has 1 heterocycles. The highest BCUT2D eigenvalue weighted by Crippen LogP contribution is 2.11. The van der Waals surface area contributed by atoms with Crippen LogP contribution in [0.25, 0.3) is 0 Å². The topological polar surface area (TPSA) is 78.0 Å². The smallest absolute Gasteiger partial charge is 0.290 e. The monoisotopic (exact) mass is 211 g/mol. The van der Waals surface area contributed by atoms with Crippen molar-refractivity contribution in [3.05, 3.63) is 22.7 Å². The van der Waals surface area contributed by atoms with Gasteiger partial charge in [0.05, 0.1) is 5.60 Å². The van der Waals surface area contributed by atoms with E-state index >= 15 is 0 Å². The van der Waals surface area contributed by atoms with Crippen molar-refractivity contribution in [3.63, 3.8) is 0 Å². The summed E-state index contributed by atoms with van der Waals surface area (Å²) in [6.07, 6.45) is 4.55. The highest BCUT2D eigenvalue weighted by atomic mass is 16.3. The summed E-state index contributed by atoms with van der Waals surface area (Å²) < 4.78 is 0. The summed E-state index contributed by atoms with van der Waals surface area (Å²) in [7, 11) is 0. The zero-order valence-corrected chi connectivity index (χ0v) is 9.08. The second-order valence-corrected chi connectivity index (χ2v) is 3.87. The lowest BCUT2D eigenvalue weighted by Gasteiger charge is -2.22. The highest BCUT2D eigenvalue weighted by molar-refractivity contribution is 5.30. The van der Waals surface area contributed by atoms with Crippen LogP contribution >= 0.6 is 0 Å². The molecule has 1 aromatic heterocycles. The maximum Gasteiger partial charge on any atom is 0.290 e. The molecule has 84 valence electrons. The average Bonchev–Trinajstić information content (AvgIpc) is 2.16. The van der Waals surface area contributed by atoms with Gasteiger partial charge in [0.15, 0.2) is 5.82 Å². The third-order valence-corrected chi connectivity index (χ3v) is 2.13. The summed E-state index contributed by atoms with van der Waals surface area (Å²) in [5.74, 6) is 0.244. The van der Waals surface area contributed by atoms with Gasteiger partial charge in [-0.3, -0.25) is 4.79 Å². The van der Waals surface area contributed by atoms with Gasteiger partial charge in [-0.25, -0.2) is 4.98 Å². The predicted octanol–water partition coefficient (Wildman–Crippen LogP) is 0.733. The van der Waals surface area contributed by atoms with E-state index in [1.54, 1.807) is 6.92 Å². The highest BCUT2D eigenvalue weighted by Gasteiger charge is 2.19. The zero-order valence-electron chi connectivity index (χ0n) is 9.08. The van der Waals surface area contributed by atoms with Gasteiger partial charge in [0.25, 0.3) is 5.56 Å². The number of nitrogens with one attached hydrogen (secondary N) is 2. The lowest BCUT2D eigenvalue weighted by atomic mass is 10.0. The Kier molecular flexibility index (Phi) is 3.85. The predicted molar refractivity (Wildman–Crippen MR) is 58.9 cm³/mol. The molecule has 5 nitrogen and oxygen atoms in total. The maximum absolute atomic E-state index is 11.2. The van der Waals surface area contributed by atoms with Gasteiger partial charge in [0.1, 0.15) is 0 Å². The third kappa shape index (κ3) is 3.71. The van der Waals surface area contributed by atoms with E-state index in [-0.39, 0.29) is 11.4 Å². The van der Waals surface area contributed by atoms with Crippen LogP contribution in [0.2, 0.25) is 0 Å². The van der Waals surface area contributed by atoms with Crippen LogP contribution in [0.3, 0.4) is 0 Å².